The molecule has 2 aromatic rings. The molecule has 0 atom stereocenters. The molecule has 0 saturated carbocycles. The van der Waals surface area contributed by atoms with E-state index >= 15 is 0 Å². The van der Waals surface area contributed by atoms with Gasteiger partial charge in [-0.2, -0.15) is 0 Å². The van der Waals surface area contributed by atoms with Crippen LogP contribution in [0.1, 0.15) is 5.56 Å². The maximum Gasteiger partial charge on any atom is 0.332 e. The summed E-state index contributed by atoms with van der Waals surface area (Å²) in [7, 11) is 0. The van der Waals surface area contributed by atoms with Gasteiger partial charge in [0.1, 0.15) is 0 Å². The van der Waals surface area contributed by atoms with Crippen LogP contribution in [0.4, 0.5) is 0 Å². The van der Waals surface area contributed by atoms with Gasteiger partial charge < -0.3 is 10.7 Å². The molecule has 0 aliphatic rings. The number of aryl methyl sites for hydroxylation is 1. The van der Waals surface area contributed by atoms with Crippen molar-refractivity contribution in [3.63, 3.8) is 0 Å². The van der Waals surface area contributed by atoms with Crippen molar-refractivity contribution >= 4 is 17.3 Å². The van der Waals surface area contributed by atoms with Gasteiger partial charge in [0.05, 0.1) is 5.69 Å². The molecule has 0 unspecified atom stereocenters. The Labute approximate surface area is 97.7 Å². The average molecular weight is 233 g/mol. The third-order valence-corrected chi connectivity index (χ3v) is 2.52. The second kappa shape index (κ2) is 3.94. The molecular formula is C11H11N3OS. The van der Waals surface area contributed by atoms with Crippen LogP contribution in [0.2, 0.25) is 0 Å². The minimum Gasteiger partial charge on any atom is -0.375 e. The van der Waals surface area contributed by atoms with Crippen molar-refractivity contribution in [2.45, 2.75) is 6.92 Å². The standard InChI is InChI=1S/C11H11N3OS/c1-7-2-4-8(5-3-7)9-6-14(10(12)16)11(15)13-9/h2-6H,1H3,(H2,12,16)(H,13,15). The molecule has 0 bridgehead atoms. The number of aromatic amines is 1. The van der Waals surface area contributed by atoms with Crippen LogP contribution < -0.4 is 11.4 Å². The molecule has 0 fully saturated rings. The molecule has 3 N–H and O–H groups in total. The molecule has 0 aliphatic heterocycles. The van der Waals surface area contributed by atoms with Gasteiger partial charge >= 0.3 is 5.69 Å². The first-order chi connectivity index (χ1) is 7.58. The van der Waals surface area contributed by atoms with Crippen LogP contribution in [0.3, 0.4) is 0 Å². The maximum atomic E-state index is 11.5. The molecule has 16 heavy (non-hydrogen) atoms. The topological polar surface area (TPSA) is 63.8 Å². The lowest BCUT2D eigenvalue weighted by Gasteiger charge is -1.97. The predicted octanol–water partition coefficient (Wildman–Crippen LogP) is 1.24. The van der Waals surface area contributed by atoms with Crippen LogP contribution >= 0.6 is 12.2 Å². The number of H-pyrrole nitrogens is 1. The fourth-order valence-electron chi connectivity index (χ4n) is 1.44. The van der Waals surface area contributed by atoms with E-state index in [1.54, 1.807) is 6.20 Å². The molecule has 0 amide bonds. The molecule has 4 nitrogen and oxygen atoms in total. The van der Waals surface area contributed by atoms with Gasteiger partial charge in [-0.15, -0.1) is 0 Å². The number of imidazole rings is 1. The Morgan fingerprint density at radius 1 is 1.38 bits per heavy atom. The van der Waals surface area contributed by atoms with Gasteiger partial charge in [-0.3, -0.25) is 0 Å². The van der Waals surface area contributed by atoms with Crippen LogP contribution in [0.25, 0.3) is 11.3 Å². The third-order valence-electron chi connectivity index (χ3n) is 2.32. The third kappa shape index (κ3) is 1.90. The first-order valence-electron chi connectivity index (χ1n) is 4.76. The van der Waals surface area contributed by atoms with Gasteiger partial charge in [0, 0.05) is 6.20 Å². The lowest BCUT2D eigenvalue weighted by atomic mass is 10.1. The fourth-order valence-corrected chi connectivity index (χ4v) is 1.57. The summed E-state index contributed by atoms with van der Waals surface area (Å²) in [5.41, 5.74) is 7.89. The number of rotatable bonds is 1. The van der Waals surface area contributed by atoms with Crippen LogP contribution in [-0.4, -0.2) is 14.7 Å². The lowest BCUT2D eigenvalue weighted by molar-refractivity contribution is 1.05. The fraction of sp³-hybridized carbons (Fsp3) is 0.0909. The number of aromatic nitrogens is 2. The predicted molar refractivity (Wildman–Crippen MR) is 67.4 cm³/mol. The van der Waals surface area contributed by atoms with E-state index in [4.69, 9.17) is 18.0 Å². The Morgan fingerprint density at radius 3 is 2.50 bits per heavy atom. The minimum atomic E-state index is -0.317. The number of nitrogens with zero attached hydrogens (tertiary/aromatic N) is 1. The van der Waals surface area contributed by atoms with Gasteiger partial charge in [0.2, 0.25) is 0 Å². The molecule has 5 heteroatoms. The first kappa shape index (κ1) is 10.6. The minimum absolute atomic E-state index is 0.0413. The Balaban J connectivity index is 2.49. The van der Waals surface area contributed by atoms with E-state index in [0.717, 1.165) is 5.56 Å². The summed E-state index contributed by atoms with van der Waals surface area (Å²) in [6.45, 7) is 2.01. The van der Waals surface area contributed by atoms with E-state index in [9.17, 15) is 4.79 Å². The summed E-state index contributed by atoms with van der Waals surface area (Å²) in [4.78, 5) is 14.2. The molecule has 0 radical (unpaired) electrons. The van der Waals surface area contributed by atoms with Gasteiger partial charge in [0.25, 0.3) is 0 Å². The van der Waals surface area contributed by atoms with Crippen LogP contribution in [0.5, 0.6) is 0 Å². The Morgan fingerprint density at radius 2 is 2.00 bits per heavy atom. The Kier molecular flexibility index (Phi) is 2.62. The van der Waals surface area contributed by atoms with E-state index in [1.165, 1.54) is 10.1 Å². The van der Waals surface area contributed by atoms with E-state index < -0.39 is 0 Å². The summed E-state index contributed by atoms with van der Waals surface area (Å²) in [6, 6.07) is 7.83. The van der Waals surface area contributed by atoms with Crippen LogP contribution in [0, 0.1) is 6.92 Å². The van der Waals surface area contributed by atoms with E-state index in [0.29, 0.717) is 5.69 Å². The maximum absolute atomic E-state index is 11.5. The smallest absolute Gasteiger partial charge is 0.332 e. The zero-order valence-electron chi connectivity index (χ0n) is 8.73. The highest BCUT2D eigenvalue weighted by molar-refractivity contribution is 7.80. The summed E-state index contributed by atoms with van der Waals surface area (Å²) in [5, 5.41) is 0.0413. The molecule has 0 spiro atoms. The molecule has 82 valence electrons. The van der Waals surface area contributed by atoms with Crippen molar-refractivity contribution in [2.24, 2.45) is 5.73 Å². The monoisotopic (exact) mass is 233 g/mol. The lowest BCUT2D eigenvalue weighted by Crippen LogP contribution is -2.28. The van der Waals surface area contributed by atoms with Crippen molar-refractivity contribution in [1.29, 1.82) is 0 Å². The molecular weight excluding hydrogens is 222 g/mol. The van der Waals surface area contributed by atoms with Crippen molar-refractivity contribution in [2.75, 3.05) is 0 Å². The Bertz CT molecular complexity index is 580. The quantitative estimate of drug-likeness (QED) is 0.728. The summed E-state index contributed by atoms with van der Waals surface area (Å²) >= 11 is 4.75. The number of hydrogen-bond donors (Lipinski definition) is 2. The number of benzene rings is 1. The first-order valence-corrected chi connectivity index (χ1v) is 5.17. The van der Waals surface area contributed by atoms with E-state index in [1.807, 2.05) is 31.2 Å². The summed E-state index contributed by atoms with van der Waals surface area (Å²) in [5.74, 6) is 0. The van der Waals surface area contributed by atoms with Crippen molar-refractivity contribution in [3.8, 4) is 11.3 Å². The van der Waals surface area contributed by atoms with Gasteiger partial charge in [-0.05, 0) is 24.7 Å². The van der Waals surface area contributed by atoms with E-state index in [-0.39, 0.29) is 10.8 Å². The molecule has 1 heterocycles. The average Bonchev–Trinajstić information content (AvgIpc) is 2.61. The second-order valence-electron chi connectivity index (χ2n) is 3.55. The van der Waals surface area contributed by atoms with Crippen molar-refractivity contribution in [3.05, 3.63) is 46.5 Å². The second-order valence-corrected chi connectivity index (χ2v) is 3.97. The number of hydrogen-bond acceptors (Lipinski definition) is 2. The van der Waals surface area contributed by atoms with Crippen LogP contribution in [-0.2, 0) is 0 Å². The highest BCUT2D eigenvalue weighted by atomic mass is 32.1. The van der Waals surface area contributed by atoms with Gasteiger partial charge in [-0.25, -0.2) is 9.36 Å². The van der Waals surface area contributed by atoms with Gasteiger partial charge in [-0.1, -0.05) is 29.8 Å². The molecule has 2 rings (SSSR count). The number of thiocarbonyl (C=S) groups is 1. The number of nitrogens with one attached hydrogen (secondary N) is 1. The zero-order valence-corrected chi connectivity index (χ0v) is 9.54. The molecule has 1 aromatic carbocycles. The normalized spacial score (nSPS) is 10.3. The van der Waals surface area contributed by atoms with E-state index in [2.05, 4.69) is 4.98 Å². The van der Waals surface area contributed by atoms with Crippen molar-refractivity contribution < 1.29 is 0 Å². The SMILES string of the molecule is Cc1ccc(-c2cn(C(N)=S)c(=O)[nH]2)cc1. The zero-order chi connectivity index (χ0) is 11.7. The molecule has 0 saturated heterocycles. The molecule has 0 aliphatic carbocycles. The summed E-state index contributed by atoms with van der Waals surface area (Å²) in [6.07, 6.45) is 1.61. The Hall–Kier alpha value is -1.88. The highest BCUT2D eigenvalue weighted by Gasteiger charge is 2.06. The van der Waals surface area contributed by atoms with Crippen LogP contribution in [0.15, 0.2) is 35.3 Å². The number of nitrogens with two attached hydrogens (primary N) is 1. The van der Waals surface area contributed by atoms with Gasteiger partial charge in [0.15, 0.2) is 5.11 Å². The molecule has 1 aromatic heterocycles. The summed E-state index contributed by atoms with van der Waals surface area (Å²) < 4.78 is 1.21. The largest absolute Gasteiger partial charge is 0.375 e. The highest BCUT2D eigenvalue weighted by Crippen LogP contribution is 2.15. The van der Waals surface area contributed by atoms with Crippen molar-refractivity contribution in [1.82, 2.24) is 9.55 Å².